The molecule has 1 saturated heterocycles. The van der Waals surface area contributed by atoms with Gasteiger partial charge >= 0.3 is 5.97 Å². The summed E-state index contributed by atoms with van der Waals surface area (Å²) < 4.78 is 4.85. The number of carbonyl (C=O) groups excluding carboxylic acids is 2. The molecular formula is C11H15N5O3S2. The van der Waals surface area contributed by atoms with Crippen LogP contribution in [0, 0.1) is 0 Å². The number of esters is 1. The molecule has 1 aromatic rings. The number of aromatic amines is 1. The van der Waals surface area contributed by atoms with Crippen molar-refractivity contribution in [3.05, 3.63) is 11.1 Å². The minimum atomic E-state index is -0.436. The number of carbonyl (C=O) groups is 2. The Labute approximate surface area is 129 Å². The van der Waals surface area contributed by atoms with Crippen molar-refractivity contribution in [3.63, 3.8) is 0 Å². The highest BCUT2D eigenvalue weighted by atomic mass is 32.2. The van der Waals surface area contributed by atoms with Crippen molar-refractivity contribution in [2.45, 2.75) is 12.1 Å². The first-order chi connectivity index (χ1) is 10.1. The molecule has 3 N–H and O–H groups in total. The summed E-state index contributed by atoms with van der Waals surface area (Å²) in [5, 5.41) is 7.59. The third kappa shape index (κ3) is 4.39. The molecule has 2 rings (SSSR count). The number of rotatable bonds is 6. The van der Waals surface area contributed by atoms with Crippen molar-refractivity contribution in [1.29, 1.82) is 0 Å². The number of hydrogen-bond acceptors (Lipinski definition) is 8. The second-order valence-corrected chi connectivity index (χ2v) is 5.98. The van der Waals surface area contributed by atoms with Crippen LogP contribution in [0.5, 0.6) is 0 Å². The van der Waals surface area contributed by atoms with Crippen molar-refractivity contribution < 1.29 is 14.3 Å². The monoisotopic (exact) mass is 329 g/mol. The van der Waals surface area contributed by atoms with E-state index in [0.717, 1.165) is 0 Å². The number of H-pyrrole nitrogens is 1. The normalized spacial score (nSPS) is 16.7. The fourth-order valence-corrected chi connectivity index (χ4v) is 3.29. The van der Waals surface area contributed by atoms with Gasteiger partial charge in [0.2, 0.25) is 17.0 Å². The third-order valence-electron chi connectivity index (χ3n) is 2.47. The molecule has 1 aliphatic heterocycles. The average molecular weight is 329 g/mol. The van der Waals surface area contributed by atoms with E-state index in [1.54, 1.807) is 11.8 Å². The van der Waals surface area contributed by atoms with Gasteiger partial charge in [0.25, 0.3) is 0 Å². The highest BCUT2D eigenvalue weighted by Crippen LogP contribution is 2.29. The predicted octanol–water partition coefficient (Wildman–Crippen LogP) is 0.459. The largest absolute Gasteiger partial charge is 0.463 e. The quantitative estimate of drug-likeness (QED) is 0.439. The summed E-state index contributed by atoms with van der Waals surface area (Å²) in [6, 6.07) is 0. The van der Waals surface area contributed by atoms with Gasteiger partial charge in [-0.3, -0.25) is 4.79 Å². The zero-order valence-corrected chi connectivity index (χ0v) is 13.0. The summed E-state index contributed by atoms with van der Waals surface area (Å²) in [5.41, 5.74) is 5.43. The van der Waals surface area contributed by atoms with E-state index in [2.05, 4.69) is 15.2 Å². The molecule has 1 amide bonds. The van der Waals surface area contributed by atoms with Crippen molar-refractivity contribution in [2.75, 3.05) is 30.4 Å². The number of hydrogen-bond donors (Lipinski definition) is 2. The molecule has 0 radical (unpaired) electrons. The summed E-state index contributed by atoms with van der Waals surface area (Å²) in [4.78, 5) is 28.8. The first kappa shape index (κ1) is 15.7. The van der Waals surface area contributed by atoms with E-state index in [-0.39, 0.29) is 11.9 Å². The van der Waals surface area contributed by atoms with E-state index < -0.39 is 5.97 Å². The molecule has 1 aromatic heterocycles. The van der Waals surface area contributed by atoms with E-state index in [1.807, 2.05) is 0 Å². The zero-order chi connectivity index (χ0) is 15.2. The Morgan fingerprint density at radius 3 is 3.14 bits per heavy atom. The number of amides is 1. The SMILES string of the molecule is CCOC(=O)/C=C1\SCC(=O)N1CCSc1n[nH]c(N)n1. The first-order valence-corrected chi connectivity index (χ1v) is 8.19. The lowest BCUT2D eigenvalue weighted by molar-refractivity contribution is -0.137. The minimum Gasteiger partial charge on any atom is -0.463 e. The summed E-state index contributed by atoms with van der Waals surface area (Å²) in [6.45, 7) is 2.51. The second-order valence-electron chi connectivity index (χ2n) is 3.92. The molecule has 0 spiro atoms. The highest BCUT2D eigenvalue weighted by Gasteiger charge is 2.27. The maximum absolute atomic E-state index is 11.8. The van der Waals surface area contributed by atoms with Crippen molar-refractivity contribution >= 4 is 41.3 Å². The molecule has 2 heterocycles. The molecule has 0 unspecified atom stereocenters. The standard InChI is InChI=1S/C11H15N5O3S2/c1-2-19-9(18)5-8-16(7(17)6-21-8)3-4-20-11-13-10(12)14-15-11/h5H,2-4,6H2,1H3,(H3,12,13,14,15)/b8-5-. The van der Waals surface area contributed by atoms with Crippen LogP contribution in [0.25, 0.3) is 0 Å². The number of aromatic nitrogens is 3. The van der Waals surface area contributed by atoms with Crippen LogP contribution in [-0.4, -0.2) is 56.6 Å². The molecule has 0 aliphatic carbocycles. The maximum atomic E-state index is 11.8. The van der Waals surface area contributed by atoms with Gasteiger partial charge < -0.3 is 15.4 Å². The summed E-state index contributed by atoms with van der Waals surface area (Å²) in [6.07, 6.45) is 1.36. The molecule has 8 nitrogen and oxygen atoms in total. The lowest BCUT2D eigenvalue weighted by atomic mass is 10.5. The van der Waals surface area contributed by atoms with Crippen molar-refractivity contribution in [3.8, 4) is 0 Å². The van der Waals surface area contributed by atoms with Gasteiger partial charge in [-0.25, -0.2) is 9.89 Å². The number of nitrogens with zero attached hydrogens (tertiary/aromatic N) is 3. The van der Waals surface area contributed by atoms with E-state index in [0.29, 0.717) is 34.8 Å². The van der Waals surface area contributed by atoms with Gasteiger partial charge in [0.05, 0.1) is 23.5 Å². The van der Waals surface area contributed by atoms with Gasteiger partial charge in [0.1, 0.15) is 0 Å². The molecule has 10 heteroatoms. The van der Waals surface area contributed by atoms with Crippen LogP contribution in [0.4, 0.5) is 5.95 Å². The Morgan fingerprint density at radius 1 is 1.67 bits per heavy atom. The van der Waals surface area contributed by atoms with E-state index in [4.69, 9.17) is 10.5 Å². The van der Waals surface area contributed by atoms with Gasteiger partial charge in [0, 0.05) is 12.3 Å². The van der Waals surface area contributed by atoms with Gasteiger partial charge in [-0.2, -0.15) is 4.98 Å². The number of ether oxygens (including phenoxy) is 1. The van der Waals surface area contributed by atoms with Crippen LogP contribution in [0.2, 0.25) is 0 Å². The topological polar surface area (TPSA) is 114 Å². The molecule has 21 heavy (non-hydrogen) atoms. The van der Waals surface area contributed by atoms with Gasteiger partial charge in [-0.15, -0.1) is 5.10 Å². The van der Waals surface area contributed by atoms with Gasteiger partial charge in [-0.05, 0) is 6.92 Å². The van der Waals surface area contributed by atoms with E-state index in [9.17, 15) is 9.59 Å². The fourth-order valence-electron chi connectivity index (χ4n) is 1.60. The Balaban J connectivity index is 1.89. The van der Waals surface area contributed by atoms with Gasteiger partial charge in [-0.1, -0.05) is 23.5 Å². The lowest BCUT2D eigenvalue weighted by Crippen LogP contribution is -2.27. The first-order valence-electron chi connectivity index (χ1n) is 6.22. The summed E-state index contributed by atoms with van der Waals surface area (Å²) >= 11 is 2.71. The van der Waals surface area contributed by atoms with Crippen molar-refractivity contribution in [1.82, 2.24) is 20.1 Å². The van der Waals surface area contributed by atoms with Crippen LogP contribution in [-0.2, 0) is 14.3 Å². The van der Waals surface area contributed by atoms with Crippen LogP contribution >= 0.6 is 23.5 Å². The number of thioether (sulfide) groups is 2. The Morgan fingerprint density at radius 2 is 2.48 bits per heavy atom. The summed E-state index contributed by atoms with van der Waals surface area (Å²) in [5.74, 6) is 0.737. The molecule has 0 saturated carbocycles. The lowest BCUT2D eigenvalue weighted by Gasteiger charge is -2.15. The Kier molecular flexibility index (Phi) is 5.51. The average Bonchev–Trinajstić information content (AvgIpc) is 2.99. The number of nitrogens with two attached hydrogens (primary N) is 1. The van der Waals surface area contributed by atoms with Crippen molar-refractivity contribution in [2.24, 2.45) is 0 Å². The molecule has 1 aliphatic rings. The van der Waals surface area contributed by atoms with E-state index in [1.165, 1.54) is 29.6 Å². The number of nitrogens with one attached hydrogen (secondary N) is 1. The smallest absolute Gasteiger partial charge is 0.333 e. The zero-order valence-electron chi connectivity index (χ0n) is 11.4. The minimum absolute atomic E-state index is 0.0225. The van der Waals surface area contributed by atoms with E-state index >= 15 is 0 Å². The molecule has 0 bridgehead atoms. The van der Waals surface area contributed by atoms with Crippen LogP contribution in [0.15, 0.2) is 16.3 Å². The van der Waals surface area contributed by atoms with Crippen LogP contribution in [0.3, 0.4) is 0 Å². The van der Waals surface area contributed by atoms with Crippen LogP contribution in [0.1, 0.15) is 6.92 Å². The molecular weight excluding hydrogens is 314 g/mol. The molecule has 0 aromatic carbocycles. The molecule has 1 fully saturated rings. The number of anilines is 1. The second kappa shape index (κ2) is 7.36. The Hall–Kier alpha value is -1.68. The predicted molar refractivity (Wildman–Crippen MR) is 80.4 cm³/mol. The van der Waals surface area contributed by atoms with Gasteiger partial charge in [0.15, 0.2) is 0 Å². The maximum Gasteiger partial charge on any atom is 0.333 e. The molecule has 114 valence electrons. The fraction of sp³-hybridized carbons (Fsp3) is 0.455. The Bertz CT molecular complexity index is 560. The molecule has 0 atom stereocenters. The van der Waals surface area contributed by atoms with Crippen LogP contribution < -0.4 is 5.73 Å². The number of nitrogen functional groups attached to an aromatic ring is 1. The third-order valence-corrected chi connectivity index (χ3v) is 4.32. The highest BCUT2D eigenvalue weighted by molar-refractivity contribution is 8.04. The summed E-state index contributed by atoms with van der Waals surface area (Å²) in [7, 11) is 0.